The zero-order chi connectivity index (χ0) is 31.6. The SMILES string of the molecule is CO[C@H]1C[C@@]2(O)[C@@]3(O)[C@@H](OC)[C@@H]1C[C@H]3[C@]13C4N(C(C)=O)C[C@](OC(=O)c5ccccc5NC(C)=O)(CC[C@@H]1OC)[C@H]3C[C@]42O. The van der Waals surface area contributed by atoms with Gasteiger partial charge in [0.2, 0.25) is 11.8 Å². The van der Waals surface area contributed by atoms with E-state index in [0.717, 1.165) is 0 Å². The van der Waals surface area contributed by atoms with E-state index >= 15 is 0 Å². The van der Waals surface area contributed by atoms with Crippen molar-refractivity contribution in [2.24, 2.45) is 23.2 Å². The van der Waals surface area contributed by atoms with Crippen molar-refractivity contribution >= 4 is 23.5 Å². The summed E-state index contributed by atoms with van der Waals surface area (Å²) in [6.45, 7) is 2.77. The fraction of sp³-hybridized carbons (Fsp3) is 0.719. The van der Waals surface area contributed by atoms with Crippen molar-refractivity contribution in [3.05, 3.63) is 29.8 Å². The predicted molar refractivity (Wildman–Crippen MR) is 153 cm³/mol. The molecule has 7 bridgehead atoms. The van der Waals surface area contributed by atoms with Crippen molar-refractivity contribution in [2.75, 3.05) is 33.2 Å². The number of hydrogen-bond acceptors (Lipinski definition) is 10. The lowest BCUT2D eigenvalue weighted by Crippen LogP contribution is -2.88. The highest BCUT2D eigenvalue weighted by atomic mass is 16.6. The Bertz CT molecular complexity index is 1420. The standard InChI is InChI=1S/C32H42N2O10/c1-16(35)33-20-9-7-6-8-18(20)26(37)44-28-11-10-24(42-4)31-22-12-19-21(41-3)13-30(39,32(22,40)25(19)43-5)29(38,14-23(28)31)27(31)34(15-28)17(2)36/h6-9,19,21-25,27,38-40H,10-15H2,1-5H3,(H,33,35)/t19-,21+,22+,23-,24+,25+,27?,28-,29+,30+,31-,32+/m1/s1. The minimum Gasteiger partial charge on any atom is -0.453 e. The van der Waals surface area contributed by atoms with Crippen LogP contribution in [0.3, 0.4) is 0 Å². The number of carbonyl (C=O) groups excluding carboxylic acids is 3. The highest BCUT2D eigenvalue weighted by Gasteiger charge is 2.93. The van der Waals surface area contributed by atoms with Gasteiger partial charge in [-0.3, -0.25) is 9.59 Å². The van der Waals surface area contributed by atoms with Gasteiger partial charge in [-0.1, -0.05) is 12.1 Å². The monoisotopic (exact) mass is 614 g/mol. The van der Waals surface area contributed by atoms with Crippen LogP contribution in [-0.2, 0) is 28.5 Å². The average Bonchev–Trinajstić information content (AvgIpc) is 3.35. The summed E-state index contributed by atoms with van der Waals surface area (Å²) in [5.41, 5.74) is -7.88. The number of nitrogens with one attached hydrogen (secondary N) is 1. The molecule has 2 amide bonds. The van der Waals surface area contributed by atoms with Gasteiger partial charge in [0.1, 0.15) is 22.4 Å². The number of esters is 1. The molecular formula is C32H42N2O10. The maximum atomic E-state index is 14.0. The molecule has 6 aliphatic rings. The number of rotatable bonds is 6. The largest absolute Gasteiger partial charge is 0.453 e. The lowest BCUT2D eigenvalue weighted by atomic mass is 9.43. The van der Waals surface area contributed by atoms with E-state index < -0.39 is 70.0 Å². The molecule has 1 aliphatic heterocycles. The minimum absolute atomic E-state index is 0.0122. The van der Waals surface area contributed by atoms with Crippen LogP contribution in [0, 0.1) is 23.2 Å². The number of aliphatic hydroxyl groups is 3. The van der Waals surface area contributed by atoms with Crippen LogP contribution in [0.2, 0.25) is 0 Å². The van der Waals surface area contributed by atoms with Gasteiger partial charge in [-0.15, -0.1) is 0 Å². The molecule has 1 spiro atoms. The Morgan fingerprint density at radius 3 is 2.34 bits per heavy atom. The number of ether oxygens (including phenoxy) is 4. The van der Waals surface area contributed by atoms with Gasteiger partial charge in [0.05, 0.1) is 42.1 Å². The number of carbonyl (C=O) groups is 3. The van der Waals surface area contributed by atoms with Crippen molar-refractivity contribution < 1.29 is 48.7 Å². The number of benzene rings is 1. The highest BCUT2D eigenvalue weighted by molar-refractivity contribution is 6.00. The molecule has 0 aromatic heterocycles. The number of anilines is 1. The molecule has 1 aromatic carbocycles. The smallest absolute Gasteiger partial charge is 0.340 e. The van der Waals surface area contributed by atoms with E-state index in [1.807, 2.05) is 0 Å². The van der Waals surface area contributed by atoms with Gasteiger partial charge in [0.25, 0.3) is 0 Å². The van der Waals surface area contributed by atoms with E-state index in [2.05, 4.69) is 5.32 Å². The Morgan fingerprint density at radius 2 is 1.70 bits per heavy atom. The fourth-order valence-corrected chi connectivity index (χ4v) is 11.5. The number of piperidine rings is 1. The Balaban J connectivity index is 1.43. The van der Waals surface area contributed by atoms with E-state index in [1.165, 1.54) is 21.0 Å². The molecule has 1 aromatic rings. The topological polar surface area (TPSA) is 164 Å². The summed E-state index contributed by atoms with van der Waals surface area (Å²) in [6.07, 6.45) is -0.772. The lowest BCUT2D eigenvalue weighted by Gasteiger charge is -2.71. The third kappa shape index (κ3) is 3.21. The number of methoxy groups -OCH3 is 3. The molecule has 5 aliphatic carbocycles. The van der Waals surface area contributed by atoms with Gasteiger partial charge in [0, 0.05) is 64.8 Å². The van der Waals surface area contributed by atoms with Crippen molar-refractivity contribution in [1.29, 1.82) is 0 Å². The first-order valence-electron chi connectivity index (χ1n) is 15.4. The minimum atomic E-state index is -2.10. The zero-order valence-electron chi connectivity index (χ0n) is 25.7. The summed E-state index contributed by atoms with van der Waals surface area (Å²) in [7, 11) is 4.63. The van der Waals surface area contributed by atoms with E-state index in [0.29, 0.717) is 24.9 Å². The van der Waals surface area contributed by atoms with Crippen molar-refractivity contribution in [3.63, 3.8) is 0 Å². The summed E-state index contributed by atoms with van der Waals surface area (Å²) in [5, 5.41) is 41.3. The fourth-order valence-electron chi connectivity index (χ4n) is 11.5. The molecule has 12 nitrogen and oxygen atoms in total. The van der Waals surface area contributed by atoms with Gasteiger partial charge in [0.15, 0.2) is 0 Å². The number of hydrogen-bond donors (Lipinski definition) is 4. The molecule has 0 radical (unpaired) electrons. The van der Waals surface area contributed by atoms with Gasteiger partial charge >= 0.3 is 5.97 Å². The van der Waals surface area contributed by atoms with Gasteiger partial charge < -0.3 is 44.5 Å². The highest BCUT2D eigenvalue weighted by Crippen LogP contribution is 2.80. The maximum Gasteiger partial charge on any atom is 0.340 e. The Labute approximate surface area is 256 Å². The first-order valence-corrected chi connectivity index (χ1v) is 15.4. The summed E-state index contributed by atoms with van der Waals surface area (Å²) in [5.74, 6) is -2.90. The number of likely N-dealkylation sites (tertiary alicyclic amines) is 1. The van der Waals surface area contributed by atoms with Crippen LogP contribution >= 0.6 is 0 Å². The van der Waals surface area contributed by atoms with Gasteiger partial charge in [-0.2, -0.15) is 0 Å². The zero-order valence-corrected chi connectivity index (χ0v) is 25.7. The third-order valence-electron chi connectivity index (χ3n) is 12.6. The summed E-state index contributed by atoms with van der Waals surface area (Å²) >= 11 is 0. The molecule has 12 heteroatoms. The van der Waals surface area contributed by atoms with E-state index in [4.69, 9.17) is 18.9 Å². The molecule has 44 heavy (non-hydrogen) atoms. The Kier molecular flexibility index (Phi) is 6.46. The molecule has 12 atom stereocenters. The second-order valence-corrected chi connectivity index (χ2v) is 13.9. The second kappa shape index (κ2) is 9.46. The van der Waals surface area contributed by atoms with Crippen LogP contribution < -0.4 is 5.32 Å². The van der Waals surface area contributed by atoms with Crippen LogP contribution in [0.1, 0.15) is 56.3 Å². The molecule has 7 rings (SSSR count). The number of amides is 2. The van der Waals surface area contributed by atoms with Crippen LogP contribution in [0.4, 0.5) is 5.69 Å². The number of nitrogens with zero attached hydrogens (tertiary/aromatic N) is 1. The van der Waals surface area contributed by atoms with E-state index in [9.17, 15) is 29.7 Å². The lowest BCUT2D eigenvalue weighted by molar-refractivity contribution is -0.367. The van der Waals surface area contributed by atoms with Crippen molar-refractivity contribution in [3.8, 4) is 0 Å². The van der Waals surface area contributed by atoms with Gasteiger partial charge in [-0.05, 0) is 37.8 Å². The van der Waals surface area contributed by atoms with Crippen LogP contribution in [0.25, 0.3) is 0 Å². The number of para-hydroxylation sites is 1. The van der Waals surface area contributed by atoms with Crippen LogP contribution in [0.5, 0.6) is 0 Å². The number of fused-ring (bicyclic) bond motifs is 2. The Hall–Kier alpha value is -2.61. The summed E-state index contributed by atoms with van der Waals surface area (Å²) < 4.78 is 24.5. The maximum absolute atomic E-state index is 14.0. The third-order valence-corrected chi connectivity index (χ3v) is 12.6. The molecule has 6 fully saturated rings. The predicted octanol–water partition coefficient (Wildman–Crippen LogP) is 0.863. The first kappa shape index (κ1) is 30.1. The molecule has 1 unspecified atom stereocenters. The molecule has 240 valence electrons. The quantitative estimate of drug-likeness (QED) is 0.338. The van der Waals surface area contributed by atoms with Crippen molar-refractivity contribution in [1.82, 2.24) is 4.90 Å². The molecule has 1 saturated heterocycles. The summed E-state index contributed by atoms with van der Waals surface area (Å²) in [6, 6.07) is 5.65. The molecule has 5 saturated carbocycles. The van der Waals surface area contributed by atoms with E-state index in [1.54, 1.807) is 43.4 Å². The summed E-state index contributed by atoms with van der Waals surface area (Å²) in [4.78, 5) is 41.1. The second-order valence-electron chi connectivity index (χ2n) is 13.9. The first-order chi connectivity index (χ1) is 20.8. The normalized spacial score (nSPS) is 47.7. The average molecular weight is 615 g/mol. The molecule has 1 heterocycles. The van der Waals surface area contributed by atoms with E-state index in [-0.39, 0.29) is 42.7 Å². The molecular weight excluding hydrogens is 572 g/mol. The van der Waals surface area contributed by atoms with Crippen LogP contribution in [0.15, 0.2) is 24.3 Å². The van der Waals surface area contributed by atoms with Crippen molar-refractivity contribution in [2.45, 2.75) is 92.7 Å². The Morgan fingerprint density at radius 1 is 0.977 bits per heavy atom. The van der Waals surface area contributed by atoms with Gasteiger partial charge in [-0.25, -0.2) is 4.79 Å². The van der Waals surface area contributed by atoms with Crippen LogP contribution in [-0.4, -0.2) is 113 Å². The molecule has 4 N–H and O–H groups in total.